The van der Waals surface area contributed by atoms with Gasteiger partial charge in [-0.25, -0.2) is 4.90 Å². The summed E-state index contributed by atoms with van der Waals surface area (Å²) < 4.78 is 5.02. The second-order valence-corrected chi connectivity index (χ2v) is 12.0. The predicted molar refractivity (Wildman–Crippen MR) is 190 cm³/mol. The summed E-state index contributed by atoms with van der Waals surface area (Å²) in [4.78, 5) is 93.1. The van der Waals surface area contributed by atoms with Gasteiger partial charge in [0.2, 0.25) is 0 Å². The van der Waals surface area contributed by atoms with Crippen molar-refractivity contribution in [3.8, 4) is 5.75 Å². The third-order valence-corrected chi connectivity index (χ3v) is 8.39. The summed E-state index contributed by atoms with van der Waals surface area (Å²) in [6.07, 6.45) is 12.1. The first-order valence-corrected chi connectivity index (χ1v) is 16.8. The van der Waals surface area contributed by atoms with Crippen LogP contribution in [0.2, 0.25) is 0 Å². The van der Waals surface area contributed by atoms with E-state index in [-0.39, 0.29) is 47.3 Å². The van der Waals surface area contributed by atoms with Gasteiger partial charge < -0.3 is 4.74 Å². The lowest BCUT2D eigenvalue weighted by molar-refractivity contribution is -0.138. The minimum absolute atomic E-state index is 0.162. The molecule has 0 saturated heterocycles. The van der Waals surface area contributed by atoms with Crippen molar-refractivity contribution >= 4 is 52.9 Å². The number of imide groups is 4. The van der Waals surface area contributed by atoms with Crippen LogP contribution in [0.25, 0.3) is 0 Å². The minimum Gasteiger partial charge on any atom is -0.497 e. The smallest absolute Gasteiger partial charge is 0.261 e. The van der Waals surface area contributed by atoms with E-state index < -0.39 is 0 Å². The molecule has 7 rings (SSSR count). The molecule has 1 aliphatic carbocycles. The molecule has 13 heteroatoms. The Bertz CT molecular complexity index is 1810. The van der Waals surface area contributed by atoms with Crippen molar-refractivity contribution in [2.45, 2.75) is 58.9 Å². The molecule has 13 nitrogen and oxygen atoms in total. The molecule has 1 N–H and O–H groups in total. The highest BCUT2D eigenvalue weighted by atomic mass is 16.5. The first-order valence-electron chi connectivity index (χ1n) is 16.8. The number of anilines is 1. The predicted octanol–water partition coefficient (Wildman–Crippen LogP) is 3.85. The molecule has 2 aromatic rings. The van der Waals surface area contributed by atoms with Crippen LogP contribution in [-0.4, -0.2) is 70.7 Å². The highest BCUT2D eigenvalue weighted by Gasteiger charge is 2.31. The quantitative estimate of drug-likeness (QED) is 0.420. The molecule has 0 spiro atoms. The Hall–Kier alpha value is -6.24. The maximum Gasteiger partial charge on any atom is 0.261 e. The van der Waals surface area contributed by atoms with Crippen molar-refractivity contribution in [2.24, 2.45) is 0 Å². The van der Waals surface area contributed by atoms with E-state index in [2.05, 4.69) is 5.32 Å². The lowest BCUT2D eigenvalue weighted by atomic mass is 9.93. The van der Waals surface area contributed by atoms with Gasteiger partial charge in [0.1, 0.15) is 5.75 Å². The summed E-state index contributed by atoms with van der Waals surface area (Å²) in [6.45, 7) is 4.53. The molecule has 0 fully saturated rings. The molecule has 0 bridgehead atoms. The lowest BCUT2D eigenvalue weighted by Crippen LogP contribution is -2.30. The number of nitrogens with zero attached hydrogens (tertiary/aromatic N) is 3. The number of benzene rings is 2. The fraction of sp³-hybridized carbons (Fsp3) is 0.282. The van der Waals surface area contributed by atoms with Gasteiger partial charge in [0.05, 0.1) is 19.3 Å². The van der Waals surface area contributed by atoms with Crippen LogP contribution in [0, 0.1) is 0 Å². The van der Waals surface area contributed by atoms with Crippen LogP contribution in [0.3, 0.4) is 0 Å². The Balaban J connectivity index is 0.000000157. The van der Waals surface area contributed by atoms with Gasteiger partial charge in [-0.15, -0.1) is 0 Å². The Morgan fingerprint density at radius 2 is 1.19 bits per heavy atom. The van der Waals surface area contributed by atoms with Gasteiger partial charge in [0, 0.05) is 53.6 Å². The standard InChI is InChI=1S/C12H11NO3.C11H9NO2.C8H9NO2.C8H11NO2/c1-16-10-4-2-9(3-5-10)8-13-11(14)6-7-12(13)15;1-8-7-10(13)12(11(8)14)9-5-3-2-4-6-9;10-7-5-3-1-2-4-6(5)8(11)9-7;1-2-3-6-9-7(10)4-5-8(9)11/h2-7H,8H2,1H3;2-7H,1H3;1-4H2,(H,9,10,11);4-5H,2-3,6H2,1H3. The molecule has 0 atom stereocenters. The average molecular weight is 709 g/mol. The van der Waals surface area contributed by atoms with E-state index in [9.17, 15) is 38.4 Å². The molecule has 0 aromatic heterocycles. The van der Waals surface area contributed by atoms with Gasteiger partial charge in [0.25, 0.3) is 47.3 Å². The Morgan fingerprint density at radius 1 is 0.673 bits per heavy atom. The Morgan fingerprint density at radius 3 is 1.65 bits per heavy atom. The Labute approximate surface area is 301 Å². The molecule has 270 valence electrons. The number of hydrogen-bond acceptors (Lipinski definition) is 9. The number of unbranched alkanes of at least 4 members (excludes halogenated alkanes) is 1. The zero-order chi connectivity index (χ0) is 37.8. The third-order valence-electron chi connectivity index (χ3n) is 8.39. The summed E-state index contributed by atoms with van der Waals surface area (Å²) in [5.74, 6) is -0.955. The molecule has 2 aromatic carbocycles. The zero-order valence-corrected chi connectivity index (χ0v) is 29.3. The van der Waals surface area contributed by atoms with E-state index in [0.717, 1.165) is 61.0 Å². The maximum absolute atomic E-state index is 11.6. The molecule has 52 heavy (non-hydrogen) atoms. The summed E-state index contributed by atoms with van der Waals surface area (Å²) in [5.41, 5.74) is 3.48. The van der Waals surface area contributed by atoms with Crippen LogP contribution >= 0.6 is 0 Å². The van der Waals surface area contributed by atoms with E-state index in [1.807, 2.05) is 25.1 Å². The van der Waals surface area contributed by atoms with Crippen molar-refractivity contribution in [3.63, 3.8) is 0 Å². The number of methoxy groups -OCH3 is 1. The number of nitrogens with one attached hydrogen (secondary N) is 1. The van der Waals surface area contributed by atoms with E-state index in [4.69, 9.17) is 4.74 Å². The van der Waals surface area contributed by atoms with Gasteiger partial charge in [-0.2, -0.15) is 0 Å². The van der Waals surface area contributed by atoms with Crippen LogP contribution < -0.4 is 15.0 Å². The summed E-state index contributed by atoms with van der Waals surface area (Å²) in [7, 11) is 1.59. The number of carbonyl (C=O) groups excluding carboxylic acids is 8. The molecule has 5 aliphatic rings. The number of hydrogen-bond donors (Lipinski definition) is 1. The summed E-state index contributed by atoms with van der Waals surface area (Å²) in [6, 6.07) is 16.2. The van der Waals surface area contributed by atoms with Crippen LogP contribution in [-0.2, 0) is 44.9 Å². The fourth-order valence-electron chi connectivity index (χ4n) is 5.54. The molecule has 0 saturated carbocycles. The molecular formula is C39H40N4O9. The minimum atomic E-state index is -0.265. The van der Waals surface area contributed by atoms with Gasteiger partial charge >= 0.3 is 0 Å². The zero-order valence-electron chi connectivity index (χ0n) is 29.3. The summed E-state index contributed by atoms with van der Waals surface area (Å²) >= 11 is 0. The van der Waals surface area contributed by atoms with Gasteiger partial charge in [-0.05, 0) is 68.9 Å². The average Bonchev–Trinajstić information content (AvgIpc) is 3.83. The molecule has 0 unspecified atom stereocenters. The summed E-state index contributed by atoms with van der Waals surface area (Å²) in [5, 5.41) is 2.31. The van der Waals surface area contributed by atoms with Crippen LogP contribution in [0.5, 0.6) is 5.75 Å². The van der Waals surface area contributed by atoms with Crippen molar-refractivity contribution in [2.75, 3.05) is 18.6 Å². The molecule has 0 radical (unpaired) electrons. The third kappa shape index (κ3) is 9.71. The molecule has 8 amide bonds. The highest BCUT2D eigenvalue weighted by molar-refractivity contribution is 6.30. The SMILES string of the molecule is CC1=CC(=O)N(c2ccccc2)C1=O.CCCCN1C(=O)C=CC1=O.COc1ccc(CN2C(=O)C=CC2=O)cc1.O=C1NC(=O)C2=C1CCCC2. The van der Waals surface area contributed by atoms with Crippen LogP contribution in [0.1, 0.15) is 57.9 Å². The van der Waals surface area contributed by atoms with E-state index in [1.165, 1.54) is 45.1 Å². The number of ether oxygens (including phenoxy) is 1. The highest BCUT2D eigenvalue weighted by Crippen LogP contribution is 2.28. The largest absolute Gasteiger partial charge is 0.497 e. The normalized spacial score (nSPS) is 17.4. The van der Waals surface area contributed by atoms with Crippen LogP contribution in [0.15, 0.2) is 102 Å². The van der Waals surface area contributed by atoms with Gasteiger partial charge in [-0.1, -0.05) is 43.7 Å². The Kier molecular flexibility index (Phi) is 13.4. The van der Waals surface area contributed by atoms with Crippen molar-refractivity contribution < 1.29 is 43.1 Å². The molecule has 4 aliphatic heterocycles. The van der Waals surface area contributed by atoms with E-state index in [0.29, 0.717) is 24.4 Å². The van der Waals surface area contributed by atoms with Crippen molar-refractivity contribution in [3.05, 3.63) is 107 Å². The monoisotopic (exact) mass is 708 g/mol. The van der Waals surface area contributed by atoms with Gasteiger partial charge in [-0.3, -0.25) is 53.5 Å². The van der Waals surface area contributed by atoms with E-state index in [1.54, 1.807) is 50.4 Å². The molecular weight excluding hydrogens is 668 g/mol. The number of para-hydroxylation sites is 1. The topological polar surface area (TPSA) is 168 Å². The van der Waals surface area contributed by atoms with Crippen molar-refractivity contribution in [1.29, 1.82) is 0 Å². The van der Waals surface area contributed by atoms with Crippen molar-refractivity contribution in [1.82, 2.24) is 15.1 Å². The number of carbonyl (C=O) groups is 8. The second kappa shape index (κ2) is 18.1. The van der Waals surface area contributed by atoms with Gasteiger partial charge in [0.15, 0.2) is 0 Å². The second-order valence-electron chi connectivity index (χ2n) is 12.0. The fourth-order valence-corrected chi connectivity index (χ4v) is 5.54. The number of amides is 8. The first-order chi connectivity index (χ1) is 24.9. The van der Waals surface area contributed by atoms with Crippen LogP contribution in [0.4, 0.5) is 5.69 Å². The first kappa shape index (κ1) is 38.6. The molecule has 4 heterocycles. The lowest BCUT2D eigenvalue weighted by Gasteiger charge is -2.13. The van der Waals surface area contributed by atoms with E-state index >= 15 is 0 Å². The number of rotatable bonds is 7. The maximum atomic E-state index is 11.6.